The van der Waals surface area contributed by atoms with Crippen molar-refractivity contribution in [3.63, 3.8) is 0 Å². The van der Waals surface area contributed by atoms with Crippen LogP contribution in [0.5, 0.6) is 0 Å². The molecule has 0 saturated carbocycles. The number of fused-ring (bicyclic) bond motifs is 1. The van der Waals surface area contributed by atoms with Gasteiger partial charge in [0.25, 0.3) is 0 Å². The SMILES string of the molecule is COC1CCN(c2nc(N)cn3ccnc23)C1. The molecule has 0 amide bonds. The average Bonchev–Trinajstić information content (AvgIpc) is 2.95. The third-order valence-corrected chi connectivity index (χ3v) is 3.15. The van der Waals surface area contributed by atoms with E-state index in [2.05, 4.69) is 14.9 Å². The summed E-state index contributed by atoms with van der Waals surface area (Å²) in [6.07, 6.45) is 6.69. The Morgan fingerprint density at radius 3 is 3.18 bits per heavy atom. The summed E-state index contributed by atoms with van der Waals surface area (Å²) in [6.45, 7) is 1.77. The van der Waals surface area contributed by atoms with Gasteiger partial charge in [0.1, 0.15) is 5.82 Å². The Labute approximate surface area is 99.0 Å². The van der Waals surface area contributed by atoms with Gasteiger partial charge in [-0.1, -0.05) is 0 Å². The molecule has 3 rings (SSSR count). The molecule has 17 heavy (non-hydrogen) atoms. The summed E-state index contributed by atoms with van der Waals surface area (Å²) in [6, 6.07) is 0. The minimum atomic E-state index is 0.272. The van der Waals surface area contributed by atoms with Crippen LogP contribution in [-0.2, 0) is 4.74 Å². The van der Waals surface area contributed by atoms with E-state index in [9.17, 15) is 0 Å². The summed E-state index contributed by atoms with van der Waals surface area (Å²) in [7, 11) is 1.74. The summed E-state index contributed by atoms with van der Waals surface area (Å²) < 4.78 is 7.26. The van der Waals surface area contributed by atoms with Crippen molar-refractivity contribution >= 4 is 17.3 Å². The number of nitrogens with zero attached hydrogens (tertiary/aromatic N) is 4. The van der Waals surface area contributed by atoms with E-state index in [-0.39, 0.29) is 6.10 Å². The zero-order valence-electron chi connectivity index (χ0n) is 9.71. The van der Waals surface area contributed by atoms with Crippen LogP contribution in [0.15, 0.2) is 18.6 Å². The van der Waals surface area contributed by atoms with Crippen molar-refractivity contribution in [2.75, 3.05) is 30.8 Å². The molecule has 1 aliphatic rings. The van der Waals surface area contributed by atoms with Gasteiger partial charge in [0.2, 0.25) is 0 Å². The molecule has 0 bridgehead atoms. The van der Waals surface area contributed by atoms with E-state index >= 15 is 0 Å². The lowest BCUT2D eigenvalue weighted by molar-refractivity contribution is 0.121. The van der Waals surface area contributed by atoms with Crippen LogP contribution in [0.25, 0.3) is 5.65 Å². The molecule has 2 aromatic heterocycles. The Hall–Kier alpha value is -1.82. The quantitative estimate of drug-likeness (QED) is 0.819. The number of ether oxygens (including phenoxy) is 1. The fourth-order valence-electron chi connectivity index (χ4n) is 2.26. The van der Waals surface area contributed by atoms with E-state index < -0.39 is 0 Å². The molecule has 1 saturated heterocycles. The van der Waals surface area contributed by atoms with E-state index in [1.165, 1.54) is 0 Å². The number of aromatic nitrogens is 3. The topological polar surface area (TPSA) is 68.7 Å². The lowest BCUT2D eigenvalue weighted by Crippen LogP contribution is -2.24. The Morgan fingerprint density at radius 1 is 1.53 bits per heavy atom. The lowest BCUT2D eigenvalue weighted by Gasteiger charge is -2.18. The van der Waals surface area contributed by atoms with Crippen LogP contribution in [-0.4, -0.2) is 40.7 Å². The standard InChI is InChI=1S/C11H15N5O/c1-17-8-2-4-15(6-8)11-10-13-3-5-16(10)7-9(12)14-11/h3,5,7-8H,2,4,6,12H2,1H3. The summed E-state index contributed by atoms with van der Waals surface area (Å²) in [5.74, 6) is 1.35. The number of nitrogens with two attached hydrogens (primary N) is 1. The second kappa shape index (κ2) is 3.89. The number of hydrogen-bond donors (Lipinski definition) is 1. The second-order valence-corrected chi connectivity index (χ2v) is 4.24. The van der Waals surface area contributed by atoms with Crippen molar-refractivity contribution in [3.05, 3.63) is 18.6 Å². The van der Waals surface area contributed by atoms with Gasteiger partial charge >= 0.3 is 0 Å². The number of rotatable bonds is 2. The highest BCUT2D eigenvalue weighted by atomic mass is 16.5. The third-order valence-electron chi connectivity index (χ3n) is 3.15. The number of imidazole rings is 1. The van der Waals surface area contributed by atoms with Gasteiger partial charge in [-0.2, -0.15) is 0 Å². The minimum Gasteiger partial charge on any atom is -0.382 e. The molecule has 2 N–H and O–H groups in total. The maximum absolute atomic E-state index is 5.80. The summed E-state index contributed by atoms with van der Waals surface area (Å²) in [5.41, 5.74) is 6.64. The van der Waals surface area contributed by atoms with Crippen LogP contribution in [0.4, 0.5) is 11.6 Å². The highest BCUT2D eigenvalue weighted by Crippen LogP contribution is 2.24. The normalized spacial score (nSPS) is 20.3. The van der Waals surface area contributed by atoms with Gasteiger partial charge in [-0.15, -0.1) is 0 Å². The van der Waals surface area contributed by atoms with Crippen LogP contribution in [0, 0.1) is 0 Å². The van der Waals surface area contributed by atoms with Crippen molar-refractivity contribution < 1.29 is 4.74 Å². The van der Waals surface area contributed by atoms with Gasteiger partial charge in [-0.05, 0) is 6.42 Å². The zero-order chi connectivity index (χ0) is 11.8. The molecule has 1 atom stereocenters. The first-order chi connectivity index (χ1) is 8.28. The Kier molecular flexibility index (Phi) is 2.36. The molecule has 2 aromatic rings. The van der Waals surface area contributed by atoms with Gasteiger partial charge in [0.05, 0.1) is 12.3 Å². The molecule has 6 nitrogen and oxygen atoms in total. The maximum atomic E-state index is 5.80. The number of nitrogen functional groups attached to an aromatic ring is 1. The second-order valence-electron chi connectivity index (χ2n) is 4.24. The fourth-order valence-corrected chi connectivity index (χ4v) is 2.26. The zero-order valence-corrected chi connectivity index (χ0v) is 9.71. The summed E-state index contributed by atoms with van der Waals surface area (Å²) in [4.78, 5) is 10.9. The molecule has 90 valence electrons. The first kappa shape index (κ1) is 10.3. The third kappa shape index (κ3) is 1.70. The Balaban J connectivity index is 2.02. The largest absolute Gasteiger partial charge is 0.382 e. The molecular formula is C11H15N5O. The molecule has 1 fully saturated rings. The van der Waals surface area contributed by atoms with Crippen LogP contribution < -0.4 is 10.6 Å². The number of hydrogen-bond acceptors (Lipinski definition) is 5. The average molecular weight is 233 g/mol. The van der Waals surface area contributed by atoms with E-state index in [0.717, 1.165) is 31.0 Å². The van der Waals surface area contributed by atoms with Gasteiger partial charge in [0.15, 0.2) is 11.5 Å². The molecule has 0 radical (unpaired) electrons. The van der Waals surface area contributed by atoms with Gasteiger partial charge in [-0.25, -0.2) is 9.97 Å². The predicted molar refractivity (Wildman–Crippen MR) is 65.0 cm³/mol. The smallest absolute Gasteiger partial charge is 0.180 e. The van der Waals surface area contributed by atoms with E-state index in [1.54, 1.807) is 19.5 Å². The Morgan fingerprint density at radius 2 is 2.41 bits per heavy atom. The monoisotopic (exact) mass is 233 g/mol. The highest BCUT2D eigenvalue weighted by molar-refractivity contribution is 5.66. The van der Waals surface area contributed by atoms with Crippen molar-refractivity contribution in [3.8, 4) is 0 Å². The van der Waals surface area contributed by atoms with Crippen molar-refractivity contribution in [1.29, 1.82) is 0 Å². The summed E-state index contributed by atoms with van der Waals surface area (Å²) >= 11 is 0. The molecule has 0 aliphatic carbocycles. The molecule has 0 aromatic carbocycles. The van der Waals surface area contributed by atoms with Gasteiger partial charge in [-0.3, -0.25) is 0 Å². The van der Waals surface area contributed by atoms with Crippen molar-refractivity contribution in [1.82, 2.24) is 14.4 Å². The molecule has 0 spiro atoms. The molecule has 3 heterocycles. The van der Waals surface area contributed by atoms with E-state index in [4.69, 9.17) is 10.5 Å². The highest BCUT2D eigenvalue weighted by Gasteiger charge is 2.25. The molecule has 1 unspecified atom stereocenters. The van der Waals surface area contributed by atoms with Crippen LogP contribution in [0.3, 0.4) is 0 Å². The summed E-state index contributed by atoms with van der Waals surface area (Å²) in [5, 5.41) is 0. The van der Waals surface area contributed by atoms with E-state index in [0.29, 0.717) is 5.82 Å². The predicted octanol–water partition coefficient (Wildman–Crippen LogP) is 0.537. The first-order valence-electron chi connectivity index (χ1n) is 5.65. The Bertz CT molecular complexity index is 538. The number of anilines is 2. The molecule has 1 aliphatic heterocycles. The molecule has 6 heteroatoms. The van der Waals surface area contributed by atoms with Gasteiger partial charge < -0.3 is 19.8 Å². The van der Waals surface area contributed by atoms with Crippen LogP contribution in [0.1, 0.15) is 6.42 Å². The minimum absolute atomic E-state index is 0.272. The van der Waals surface area contributed by atoms with Crippen molar-refractivity contribution in [2.24, 2.45) is 0 Å². The first-order valence-corrected chi connectivity index (χ1v) is 5.65. The number of methoxy groups -OCH3 is 1. The maximum Gasteiger partial charge on any atom is 0.180 e. The van der Waals surface area contributed by atoms with E-state index in [1.807, 2.05) is 10.6 Å². The van der Waals surface area contributed by atoms with Crippen LogP contribution in [0.2, 0.25) is 0 Å². The van der Waals surface area contributed by atoms with Crippen LogP contribution >= 0.6 is 0 Å². The lowest BCUT2D eigenvalue weighted by atomic mass is 10.3. The molecular weight excluding hydrogens is 218 g/mol. The van der Waals surface area contributed by atoms with Crippen molar-refractivity contribution in [2.45, 2.75) is 12.5 Å². The fraction of sp³-hybridized carbons (Fsp3) is 0.455. The van der Waals surface area contributed by atoms with Gasteiger partial charge in [0, 0.05) is 32.6 Å².